The smallest absolute Gasteiger partial charge is 0.0647 e. The highest BCUT2D eigenvalue weighted by molar-refractivity contribution is 7.10. The quantitative estimate of drug-likeness (QED) is 0.382. The lowest BCUT2D eigenvalue weighted by atomic mass is 9.72. The fourth-order valence-electron chi connectivity index (χ4n) is 4.15. The fraction of sp³-hybridized carbons (Fsp3) is 0.0400. The van der Waals surface area contributed by atoms with Crippen LogP contribution < -0.4 is 0 Å². The molecule has 1 heterocycles. The van der Waals surface area contributed by atoms with Gasteiger partial charge < -0.3 is 0 Å². The third kappa shape index (κ3) is 2.21. The number of benzene rings is 3. The predicted molar refractivity (Wildman–Crippen MR) is 112 cm³/mol. The molecule has 0 unspecified atom stereocenters. The lowest BCUT2D eigenvalue weighted by molar-refractivity contribution is 0.808. The second kappa shape index (κ2) is 6.12. The highest BCUT2D eigenvalue weighted by Crippen LogP contribution is 2.53. The molecule has 0 saturated heterocycles. The summed E-state index contributed by atoms with van der Waals surface area (Å²) in [7, 11) is 0. The monoisotopic (exact) mass is 350 g/mol. The molecule has 1 aliphatic rings. The summed E-state index contributed by atoms with van der Waals surface area (Å²) < 4.78 is 0. The molecular weight excluding hydrogens is 332 g/mol. The highest BCUT2D eigenvalue weighted by Gasteiger charge is 2.42. The van der Waals surface area contributed by atoms with Gasteiger partial charge in [-0.15, -0.1) is 11.3 Å². The van der Waals surface area contributed by atoms with Crippen LogP contribution >= 0.6 is 11.3 Å². The van der Waals surface area contributed by atoms with E-state index in [0.717, 1.165) is 0 Å². The van der Waals surface area contributed by atoms with E-state index in [1.807, 2.05) is 0 Å². The number of hydrogen-bond donors (Lipinski definition) is 0. The Hall–Kier alpha value is -2.90. The van der Waals surface area contributed by atoms with Gasteiger partial charge in [-0.1, -0.05) is 91.0 Å². The molecule has 0 spiro atoms. The van der Waals surface area contributed by atoms with E-state index in [0.29, 0.717) is 0 Å². The van der Waals surface area contributed by atoms with Gasteiger partial charge in [0.15, 0.2) is 0 Å². The maximum atomic E-state index is 2.39. The normalized spacial score (nSPS) is 14.3. The van der Waals surface area contributed by atoms with Crippen LogP contribution in [0.2, 0.25) is 0 Å². The number of fused-ring (bicyclic) bond motifs is 3. The first kappa shape index (κ1) is 15.4. The Bertz CT molecular complexity index is 1030. The van der Waals surface area contributed by atoms with Crippen molar-refractivity contribution in [2.24, 2.45) is 0 Å². The van der Waals surface area contributed by atoms with Crippen LogP contribution in [0.25, 0.3) is 17.2 Å². The van der Waals surface area contributed by atoms with Crippen molar-refractivity contribution in [1.82, 2.24) is 0 Å². The molecule has 5 rings (SSSR count). The standard InChI is InChI=1S/C25H18S/c1-2-9-19(10-3-1)25(17-16-20-11-8-18-26-20)23-14-6-4-12-21(23)22-13-5-7-15-24(22)25/h1-18H. The highest BCUT2D eigenvalue weighted by atomic mass is 32.1. The minimum atomic E-state index is -0.252. The van der Waals surface area contributed by atoms with Crippen molar-refractivity contribution in [2.45, 2.75) is 5.41 Å². The first-order chi connectivity index (χ1) is 12.9. The molecule has 0 bridgehead atoms. The zero-order valence-corrected chi connectivity index (χ0v) is 15.1. The van der Waals surface area contributed by atoms with Crippen molar-refractivity contribution in [2.75, 3.05) is 0 Å². The van der Waals surface area contributed by atoms with Crippen LogP contribution in [0.4, 0.5) is 0 Å². The Balaban J connectivity index is 1.85. The maximum Gasteiger partial charge on any atom is 0.0647 e. The number of allylic oxidation sites excluding steroid dienone is 1. The van der Waals surface area contributed by atoms with Crippen molar-refractivity contribution in [3.63, 3.8) is 0 Å². The van der Waals surface area contributed by atoms with Gasteiger partial charge in [0.25, 0.3) is 0 Å². The van der Waals surface area contributed by atoms with E-state index in [9.17, 15) is 0 Å². The van der Waals surface area contributed by atoms with Gasteiger partial charge in [-0.05, 0) is 45.3 Å². The van der Waals surface area contributed by atoms with E-state index in [-0.39, 0.29) is 5.41 Å². The Kier molecular flexibility index (Phi) is 3.62. The minimum absolute atomic E-state index is 0.252. The third-order valence-corrected chi connectivity index (χ3v) is 6.10. The molecule has 3 aromatic carbocycles. The average Bonchev–Trinajstić information content (AvgIpc) is 3.33. The van der Waals surface area contributed by atoms with Gasteiger partial charge in [0.1, 0.15) is 0 Å². The molecule has 26 heavy (non-hydrogen) atoms. The van der Waals surface area contributed by atoms with Crippen LogP contribution in [0.5, 0.6) is 0 Å². The Morgan fingerprint density at radius 3 is 1.85 bits per heavy atom. The first-order valence-corrected chi connectivity index (χ1v) is 9.75. The number of hydrogen-bond acceptors (Lipinski definition) is 1. The largest absolute Gasteiger partial charge is 0.144 e. The predicted octanol–water partition coefficient (Wildman–Crippen LogP) is 6.78. The molecule has 0 atom stereocenters. The molecule has 1 heteroatoms. The van der Waals surface area contributed by atoms with E-state index in [4.69, 9.17) is 0 Å². The van der Waals surface area contributed by atoms with Crippen molar-refractivity contribution in [3.05, 3.63) is 124 Å². The molecular formula is C25H18S. The lowest BCUT2D eigenvalue weighted by Gasteiger charge is -2.29. The first-order valence-electron chi connectivity index (χ1n) is 8.87. The number of rotatable bonds is 3. The van der Waals surface area contributed by atoms with E-state index < -0.39 is 0 Å². The molecule has 124 valence electrons. The van der Waals surface area contributed by atoms with Crippen LogP contribution in [0.1, 0.15) is 21.6 Å². The Morgan fingerprint density at radius 1 is 0.615 bits per heavy atom. The van der Waals surface area contributed by atoms with Crippen LogP contribution in [-0.2, 0) is 5.41 Å². The minimum Gasteiger partial charge on any atom is -0.144 e. The van der Waals surface area contributed by atoms with Crippen LogP contribution in [0.15, 0.2) is 102 Å². The van der Waals surface area contributed by atoms with E-state index in [2.05, 4.69) is 109 Å². The van der Waals surface area contributed by atoms with Gasteiger partial charge in [-0.3, -0.25) is 0 Å². The van der Waals surface area contributed by atoms with Gasteiger partial charge in [0.2, 0.25) is 0 Å². The van der Waals surface area contributed by atoms with E-state index >= 15 is 0 Å². The number of thiophene rings is 1. The molecule has 4 aromatic rings. The summed E-state index contributed by atoms with van der Waals surface area (Å²) in [5, 5.41) is 2.13. The van der Waals surface area contributed by atoms with Gasteiger partial charge in [-0.2, -0.15) is 0 Å². The summed E-state index contributed by atoms with van der Waals surface area (Å²) in [4.78, 5) is 1.28. The molecule has 1 aliphatic carbocycles. The summed E-state index contributed by atoms with van der Waals surface area (Å²) >= 11 is 1.78. The summed E-state index contributed by atoms with van der Waals surface area (Å²) in [6.45, 7) is 0. The molecule has 0 nitrogen and oxygen atoms in total. The average molecular weight is 350 g/mol. The molecule has 0 aliphatic heterocycles. The third-order valence-electron chi connectivity index (χ3n) is 5.26. The molecule has 0 fully saturated rings. The van der Waals surface area contributed by atoms with Gasteiger partial charge in [0.05, 0.1) is 5.41 Å². The Labute approximate surface area is 158 Å². The second-order valence-corrected chi connectivity index (χ2v) is 7.59. The SMILES string of the molecule is C(=CC1(c2ccccc2)c2ccccc2-c2ccccc21)c1cccs1. The van der Waals surface area contributed by atoms with Crippen LogP contribution in [0, 0.1) is 0 Å². The summed E-state index contributed by atoms with van der Waals surface area (Å²) in [6, 6.07) is 32.8. The van der Waals surface area contributed by atoms with Gasteiger partial charge in [-0.25, -0.2) is 0 Å². The molecule has 0 saturated carbocycles. The molecule has 0 radical (unpaired) electrons. The van der Waals surface area contributed by atoms with E-state index in [1.54, 1.807) is 11.3 Å². The molecule has 1 aromatic heterocycles. The van der Waals surface area contributed by atoms with Gasteiger partial charge >= 0.3 is 0 Å². The summed E-state index contributed by atoms with van der Waals surface area (Å²) in [5.41, 5.74) is 6.45. The Morgan fingerprint density at radius 2 is 1.23 bits per heavy atom. The summed E-state index contributed by atoms with van der Waals surface area (Å²) in [5.74, 6) is 0. The topological polar surface area (TPSA) is 0 Å². The zero-order chi connectivity index (χ0) is 17.4. The lowest BCUT2D eigenvalue weighted by Crippen LogP contribution is -2.24. The maximum absolute atomic E-state index is 2.39. The van der Waals surface area contributed by atoms with E-state index in [1.165, 1.54) is 32.7 Å². The van der Waals surface area contributed by atoms with Crippen molar-refractivity contribution < 1.29 is 0 Å². The second-order valence-electron chi connectivity index (χ2n) is 6.61. The van der Waals surface area contributed by atoms with Gasteiger partial charge in [0, 0.05) is 4.88 Å². The van der Waals surface area contributed by atoms with Crippen LogP contribution in [0.3, 0.4) is 0 Å². The fourth-order valence-corrected chi connectivity index (χ4v) is 4.77. The van der Waals surface area contributed by atoms with Crippen molar-refractivity contribution in [1.29, 1.82) is 0 Å². The zero-order valence-electron chi connectivity index (χ0n) is 14.3. The van der Waals surface area contributed by atoms with Crippen molar-refractivity contribution in [3.8, 4) is 11.1 Å². The molecule has 0 amide bonds. The van der Waals surface area contributed by atoms with Crippen molar-refractivity contribution >= 4 is 17.4 Å². The molecule has 0 N–H and O–H groups in total. The summed E-state index contributed by atoms with van der Waals surface area (Å²) in [6.07, 6.45) is 4.66. The van der Waals surface area contributed by atoms with Crippen LogP contribution in [-0.4, -0.2) is 0 Å².